The summed E-state index contributed by atoms with van der Waals surface area (Å²) in [4.78, 5) is 52.0. The summed E-state index contributed by atoms with van der Waals surface area (Å²) in [6.45, 7) is 5.12. The van der Waals surface area contributed by atoms with Crippen LogP contribution in [0.3, 0.4) is 0 Å². The molecule has 0 unspecified atom stereocenters. The normalized spacial score (nSPS) is 20.7. The van der Waals surface area contributed by atoms with Crippen molar-refractivity contribution in [3.8, 4) is 0 Å². The van der Waals surface area contributed by atoms with Gasteiger partial charge in [-0.1, -0.05) is 42.1 Å². The number of benzene rings is 1. The Bertz CT molecular complexity index is 994. The minimum Gasteiger partial charge on any atom is -0.477 e. The average Bonchev–Trinajstić information content (AvgIpc) is 2.78. The number of thioether (sulfide) groups is 2. The molecule has 12 heteroatoms. The minimum absolute atomic E-state index is 0.0900. The molecule has 0 bridgehead atoms. The number of carbonyl (C=O) groups is 4. The molecular weight excluding hydrogens is 482 g/mol. The van der Waals surface area contributed by atoms with E-state index in [-0.39, 0.29) is 11.6 Å². The first-order valence-electron chi connectivity index (χ1n) is 10.4. The lowest BCUT2D eigenvalue weighted by Gasteiger charge is -2.49. The number of hydrogen-bond acceptors (Lipinski definition) is 8. The second-order valence-electron chi connectivity index (χ2n) is 8.51. The van der Waals surface area contributed by atoms with Gasteiger partial charge in [-0.25, -0.2) is 9.59 Å². The molecule has 1 fully saturated rings. The van der Waals surface area contributed by atoms with E-state index < -0.39 is 46.9 Å². The number of amides is 3. The van der Waals surface area contributed by atoms with E-state index in [4.69, 9.17) is 9.47 Å². The Morgan fingerprint density at radius 1 is 1.26 bits per heavy atom. The van der Waals surface area contributed by atoms with Crippen LogP contribution in [-0.2, 0) is 23.9 Å². The van der Waals surface area contributed by atoms with Crippen LogP contribution in [0.4, 0.5) is 4.79 Å². The molecule has 2 aliphatic heterocycles. The molecule has 0 saturated carbocycles. The van der Waals surface area contributed by atoms with Gasteiger partial charge < -0.3 is 25.2 Å². The van der Waals surface area contributed by atoms with Crippen molar-refractivity contribution in [2.45, 2.75) is 43.8 Å². The van der Waals surface area contributed by atoms with Gasteiger partial charge in [0.2, 0.25) is 5.91 Å². The lowest BCUT2D eigenvalue weighted by Crippen LogP contribution is -2.71. The van der Waals surface area contributed by atoms with E-state index in [0.717, 1.165) is 0 Å². The lowest BCUT2D eigenvalue weighted by atomic mass is 10.0. The fraction of sp³-hybridized carbons (Fsp3) is 0.455. The number of ether oxygens (including phenoxy) is 2. The number of fused-ring (bicyclic) bond motifs is 1. The number of carboxylic acid groups (broad SMARTS) is 1. The SMILES string of the molecule is COCSC1=C(C(=O)O)N2C(=O)[C@@H](NC(=O)[C@H](NC(=O)OC(C)(C)C)c3ccccc3)[C@H]2SC1. The van der Waals surface area contributed by atoms with Gasteiger partial charge in [-0.3, -0.25) is 14.5 Å². The maximum absolute atomic E-state index is 13.2. The Morgan fingerprint density at radius 3 is 2.53 bits per heavy atom. The third kappa shape index (κ3) is 5.86. The quantitative estimate of drug-likeness (QED) is 0.356. The van der Waals surface area contributed by atoms with Crippen molar-refractivity contribution in [1.82, 2.24) is 15.5 Å². The number of nitrogens with one attached hydrogen (secondary N) is 2. The number of hydrogen-bond donors (Lipinski definition) is 3. The zero-order chi connectivity index (χ0) is 25.0. The lowest BCUT2D eigenvalue weighted by molar-refractivity contribution is -0.150. The second kappa shape index (κ2) is 10.7. The second-order valence-corrected chi connectivity index (χ2v) is 10.6. The molecule has 3 rings (SSSR count). The molecule has 1 aromatic rings. The number of aliphatic carboxylic acids is 1. The van der Waals surface area contributed by atoms with Crippen LogP contribution in [0.1, 0.15) is 32.4 Å². The summed E-state index contributed by atoms with van der Waals surface area (Å²) in [7, 11) is 1.50. The predicted octanol–water partition coefficient (Wildman–Crippen LogP) is 2.29. The molecule has 3 amide bonds. The summed E-state index contributed by atoms with van der Waals surface area (Å²) in [6, 6.07) is 6.55. The van der Waals surface area contributed by atoms with Crippen LogP contribution in [0.5, 0.6) is 0 Å². The first kappa shape index (κ1) is 25.9. The highest BCUT2D eigenvalue weighted by molar-refractivity contribution is 8.06. The number of nitrogens with zero attached hydrogens (tertiary/aromatic N) is 1. The molecule has 0 aliphatic carbocycles. The molecule has 1 aromatic carbocycles. The Labute approximate surface area is 205 Å². The maximum Gasteiger partial charge on any atom is 0.408 e. The Morgan fingerprint density at radius 2 is 1.94 bits per heavy atom. The minimum atomic E-state index is -1.21. The van der Waals surface area contributed by atoms with Gasteiger partial charge >= 0.3 is 12.1 Å². The highest BCUT2D eigenvalue weighted by Crippen LogP contribution is 2.43. The van der Waals surface area contributed by atoms with Crippen molar-refractivity contribution in [2.75, 3.05) is 18.8 Å². The van der Waals surface area contributed by atoms with Gasteiger partial charge in [-0.15, -0.1) is 11.8 Å². The van der Waals surface area contributed by atoms with Crippen LogP contribution in [0, 0.1) is 0 Å². The van der Waals surface area contributed by atoms with Crippen LogP contribution >= 0.6 is 23.5 Å². The van der Waals surface area contributed by atoms with Gasteiger partial charge in [0.25, 0.3) is 5.91 Å². The number of rotatable bonds is 8. The van der Waals surface area contributed by atoms with E-state index in [9.17, 15) is 24.3 Å². The van der Waals surface area contributed by atoms with Crippen LogP contribution in [-0.4, -0.2) is 69.7 Å². The fourth-order valence-electron chi connectivity index (χ4n) is 3.44. The van der Waals surface area contributed by atoms with Crippen molar-refractivity contribution < 1.29 is 33.8 Å². The summed E-state index contributed by atoms with van der Waals surface area (Å²) >= 11 is 2.57. The van der Waals surface area contributed by atoms with Crippen molar-refractivity contribution in [2.24, 2.45) is 0 Å². The number of β-lactam (4-membered cyclic amide) rings is 1. The molecule has 10 nitrogen and oxygen atoms in total. The Hall–Kier alpha value is -2.70. The molecule has 0 aromatic heterocycles. The molecule has 184 valence electrons. The van der Waals surface area contributed by atoms with Crippen molar-refractivity contribution in [3.63, 3.8) is 0 Å². The van der Waals surface area contributed by atoms with E-state index in [2.05, 4.69) is 10.6 Å². The highest BCUT2D eigenvalue weighted by Gasteiger charge is 2.54. The summed E-state index contributed by atoms with van der Waals surface area (Å²) in [5, 5.41) is 14.4. The number of carbonyl (C=O) groups excluding carboxylic acids is 3. The molecule has 2 heterocycles. The number of methoxy groups -OCH3 is 1. The van der Waals surface area contributed by atoms with Gasteiger partial charge in [-0.2, -0.15) is 0 Å². The van der Waals surface area contributed by atoms with E-state index in [0.29, 0.717) is 16.2 Å². The standard InChI is InChI=1S/C22H27N3O7S2/c1-22(2,3)32-21(30)24-14(12-8-6-5-7-9-12)17(26)23-15-18(27)25-16(20(28)29)13(34-11-31-4)10-33-19(15)25/h5-9,14-15,19H,10-11H2,1-4H3,(H,23,26)(H,24,30)(H,28,29)/t14-,15-,19-/m1/s1. The van der Waals surface area contributed by atoms with Crippen molar-refractivity contribution in [1.29, 1.82) is 0 Å². The molecule has 34 heavy (non-hydrogen) atoms. The van der Waals surface area contributed by atoms with Crippen molar-refractivity contribution in [3.05, 3.63) is 46.5 Å². The summed E-state index contributed by atoms with van der Waals surface area (Å²) in [5.41, 5.74) is -0.341. The van der Waals surface area contributed by atoms with Gasteiger partial charge in [0, 0.05) is 17.8 Å². The zero-order valence-corrected chi connectivity index (χ0v) is 20.8. The largest absolute Gasteiger partial charge is 0.477 e. The van der Waals surface area contributed by atoms with Gasteiger partial charge in [0.1, 0.15) is 28.8 Å². The molecule has 1 saturated heterocycles. The third-order valence-electron chi connectivity index (χ3n) is 4.84. The van der Waals surface area contributed by atoms with E-state index in [1.54, 1.807) is 51.1 Å². The topological polar surface area (TPSA) is 134 Å². The third-order valence-corrected chi connectivity index (χ3v) is 7.34. The van der Waals surface area contributed by atoms with Gasteiger partial charge in [0.15, 0.2) is 0 Å². The molecular formula is C22H27N3O7S2. The van der Waals surface area contributed by atoms with E-state index in [1.165, 1.54) is 35.5 Å². The van der Waals surface area contributed by atoms with Crippen molar-refractivity contribution >= 4 is 47.4 Å². The highest BCUT2D eigenvalue weighted by atomic mass is 32.2. The monoisotopic (exact) mass is 509 g/mol. The molecule has 3 atom stereocenters. The average molecular weight is 510 g/mol. The zero-order valence-electron chi connectivity index (χ0n) is 19.2. The summed E-state index contributed by atoms with van der Waals surface area (Å²) in [5.74, 6) is -1.71. The first-order valence-corrected chi connectivity index (χ1v) is 12.4. The van der Waals surface area contributed by atoms with E-state index >= 15 is 0 Å². The van der Waals surface area contributed by atoms with Gasteiger partial charge in [-0.05, 0) is 26.3 Å². The smallest absolute Gasteiger partial charge is 0.408 e. The molecule has 3 N–H and O–H groups in total. The summed E-state index contributed by atoms with van der Waals surface area (Å²) in [6.07, 6.45) is -0.777. The van der Waals surface area contributed by atoms with Crippen LogP contribution in [0.2, 0.25) is 0 Å². The Kier molecular flexibility index (Phi) is 8.16. The first-order chi connectivity index (χ1) is 16.0. The van der Waals surface area contributed by atoms with Crippen LogP contribution < -0.4 is 10.6 Å². The number of carboxylic acids is 1. The molecule has 0 radical (unpaired) electrons. The fourth-order valence-corrected chi connectivity index (χ4v) is 5.75. The Balaban J connectivity index is 1.77. The van der Waals surface area contributed by atoms with Gasteiger partial charge in [0.05, 0.1) is 5.94 Å². The molecule has 2 aliphatic rings. The number of alkyl carbamates (subject to hydrolysis) is 1. The molecule has 0 spiro atoms. The maximum atomic E-state index is 13.2. The van der Waals surface area contributed by atoms with Crippen LogP contribution in [0.15, 0.2) is 40.9 Å². The summed E-state index contributed by atoms with van der Waals surface area (Å²) < 4.78 is 10.3. The van der Waals surface area contributed by atoms with E-state index in [1.807, 2.05) is 0 Å². The predicted molar refractivity (Wildman–Crippen MR) is 128 cm³/mol. The van der Waals surface area contributed by atoms with Crippen LogP contribution in [0.25, 0.3) is 0 Å².